The van der Waals surface area contributed by atoms with Gasteiger partial charge in [-0.3, -0.25) is 4.79 Å². The van der Waals surface area contributed by atoms with Crippen LogP contribution in [0.4, 0.5) is 5.69 Å². The molecule has 0 saturated carbocycles. The third-order valence-electron chi connectivity index (χ3n) is 3.64. The Bertz CT molecular complexity index is 921. The van der Waals surface area contributed by atoms with Crippen molar-refractivity contribution in [1.82, 2.24) is 0 Å². The lowest BCUT2D eigenvalue weighted by atomic mass is 10.1. The van der Waals surface area contributed by atoms with Crippen molar-refractivity contribution in [3.05, 3.63) is 59.7 Å². The molecule has 0 heterocycles. The monoisotopic (exact) mass is 391 g/mol. The maximum absolute atomic E-state index is 12.2. The summed E-state index contributed by atoms with van der Waals surface area (Å²) in [4.78, 5) is 24.4. The van der Waals surface area contributed by atoms with Crippen LogP contribution in [-0.4, -0.2) is 39.8 Å². The topological polar surface area (TPSA) is 98.8 Å². The molecule has 0 unspecified atom stereocenters. The molecular formula is C19H21NO6S. The second kappa shape index (κ2) is 8.68. The van der Waals surface area contributed by atoms with Crippen LogP contribution < -0.4 is 10.1 Å². The molecule has 0 spiro atoms. The molecule has 0 aliphatic heterocycles. The molecule has 0 saturated heterocycles. The van der Waals surface area contributed by atoms with Crippen LogP contribution in [0.5, 0.6) is 5.75 Å². The highest BCUT2D eigenvalue weighted by molar-refractivity contribution is 7.89. The Morgan fingerprint density at radius 2 is 1.70 bits per heavy atom. The van der Waals surface area contributed by atoms with E-state index in [9.17, 15) is 18.0 Å². The molecule has 2 rings (SSSR count). The van der Waals surface area contributed by atoms with Gasteiger partial charge in [-0.05, 0) is 36.8 Å². The van der Waals surface area contributed by atoms with E-state index in [1.165, 1.54) is 38.3 Å². The van der Waals surface area contributed by atoms with Gasteiger partial charge in [0, 0.05) is 6.26 Å². The zero-order chi connectivity index (χ0) is 20.0. The predicted molar refractivity (Wildman–Crippen MR) is 101 cm³/mol. The third-order valence-corrected chi connectivity index (χ3v) is 4.49. The van der Waals surface area contributed by atoms with Crippen LogP contribution in [0.2, 0.25) is 0 Å². The summed E-state index contributed by atoms with van der Waals surface area (Å²) in [5.74, 6) is -0.795. The van der Waals surface area contributed by atoms with Gasteiger partial charge in [-0.15, -0.1) is 0 Å². The lowest BCUT2D eigenvalue weighted by Gasteiger charge is -2.15. The van der Waals surface area contributed by atoms with Crippen molar-refractivity contribution in [3.8, 4) is 5.75 Å². The molecule has 0 radical (unpaired) electrons. The number of para-hydroxylation sites is 2. The quantitative estimate of drug-likeness (QED) is 0.728. The lowest BCUT2D eigenvalue weighted by Crippen LogP contribution is -2.30. The van der Waals surface area contributed by atoms with E-state index in [0.717, 1.165) is 6.26 Å². The van der Waals surface area contributed by atoms with E-state index in [4.69, 9.17) is 9.47 Å². The van der Waals surface area contributed by atoms with Gasteiger partial charge in [0.05, 0.1) is 24.1 Å². The van der Waals surface area contributed by atoms with Crippen molar-refractivity contribution in [2.75, 3.05) is 18.7 Å². The van der Waals surface area contributed by atoms with Crippen LogP contribution in [0.15, 0.2) is 48.5 Å². The largest absolute Gasteiger partial charge is 0.495 e. The number of hydrogen-bond acceptors (Lipinski definition) is 6. The van der Waals surface area contributed by atoms with E-state index in [-0.39, 0.29) is 11.3 Å². The number of carbonyl (C=O) groups excluding carboxylic acids is 2. The van der Waals surface area contributed by atoms with Crippen LogP contribution >= 0.6 is 0 Å². The molecule has 0 aromatic heterocycles. The first-order valence-corrected chi connectivity index (χ1v) is 10.2. The van der Waals surface area contributed by atoms with Crippen molar-refractivity contribution < 1.29 is 27.5 Å². The Labute approximate surface area is 158 Å². The number of benzene rings is 2. The number of amides is 1. The van der Waals surface area contributed by atoms with Crippen molar-refractivity contribution in [3.63, 3.8) is 0 Å². The maximum atomic E-state index is 12.2. The van der Waals surface area contributed by atoms with E-state index in [1.54, 1.807) is 24.3 Å². The van der Waals surface area contributed by atoms with Gasteiger partial charge in [0.1, 0.15) is 5.75 Å². The molecule has 2 aromatic rings. The molecule has 0 bridgehead atoms. The van der Waals surface area contributed by atoms with E-state index in [2.05, 4.69) is 5.32 Å². The highest BCUT2D eigenvalue weighted by Crippen LogP contribution is 2.23. The third kappa shape index (κ3) is 6.10. The zero-order valence-electron chi connectivity index (χ0n) is 15.3. The minimum Gasteiger partial charge on any atom is -0.495 e. The van der Waals surface area contributed by atoms with Crippen LogP contribution in [0, 0.1) is 0 Å². The summed E-state index contributed by atoms with van der Waals surface area (Å²) in [6, 6.07) is 12.9. The molecule has 1 N–H and O–H groups in total. The van der Waals surface area contributed by atoms with Crippen LogP contribution in [0.1, 0.15) is 22.8 Å². The summed E-state index contributed by atoms with van der Waals surface area (Å²) in [7, 11) is -1.67. The lowest BCUT2D eigenvalue weighted by molar-refractivity contribution is -0.123. The second-order valence-electron chi connectivity index (χ2n) is 6.00. The minimum absolute atomic E-state index is 0.111. The first-order chi connectivity index (χ1) is 12.7. The zero-order valence-corrected chi connectivity index (χ0v) is 16.1. The number of nitrogens with one attached hydrogen (secondary N) is 1. The average molecular weight is 391 g/mol. The standard InChI is InChI=1S/C19H21NO6S/c1-13(18(21)20-16-6-4-5-7-17(16)25-2)26-19(22)15-10-8-14(9-11-15)12-27(3,23)24/h4-11,13H,12H2,1-3H3,(H,20,21)/t13-/m0/s1. The highest BCUT2D eigenvalue weighted by Gasteiger charge is 2.20. The molecule has 1 atom stereocenters. The van der Waals surface area contributed by atoms with Gasteiger partial charge in [0.15, 0.2) is 15.9 Å². The Hall–Kier alpha value is -2.87. The highest BCUT2D eigenvalue weighted by atomic mass is 32.2. The van der Waals surface area contributed by atoms with Gasteiger partial charge >= 0.3 is 5.97 Å². The molecule has 144 valence electrons. The fourth-order valence-corrected chi connectivity index (χ4v) is 3.10. The summed E-state index contributed by atoms with van der Waals surface area (Å²) in [5, 5.41) is 2.65. The Morgan fingerprint density at radius 1 is 1.07 bits per heavy atom. The number of esters is 1. The van der Waals surface area contributed by atoms with E-state index < -0.39 is 27.8 Å². The summed E-state index contributed by atoms with van der Waals surface area (Å²) in [6.45, 7) is 1.46. The summed E-state index contributed by atoms with van der Waals surface area (Å²) >= 11 is 0. The fraction of sp³-hybridized carbons (Fsp3) is 0.263. The molecule has 8 heteroatoms. The first kappa shape index (κ1) is 20.4. The summed E-state index contributed by atoms with van der Waals surface area (Å²) in [5.41, 5.74) is 1.26. The molecular weight excluding hydrogens is 370 g/mol. The van der Waals surface area contributed by atoms with Crippen molar-refractivity contribution in [2.45, 2.75) is 18.8 Å². The number of carbonyl (C=O) groups is 2. The smallest absolute Gasteiger partial charge is 0.338 e. The van der Waals surface area contributed by atoms with E-state index in [0.29, 0.717) is 17.0 Å². The normalized spacial score (nSPS) is 12.1. The number of ether oxygens (including phenoxy) is 2. The van der Waals surface area contributed by atoms with Gasteiger partial charge in [-0.1, -0.05) is 24.3 Å². The molecule has 0 aliphatic carbocycles. The maximum Gasteiger partial charge on any atom is 0.338 e. The fourth-order valence-electron chi connectivity index (χ4n) is 2.30. The van der Waals surface area contributed by atoms with Crippen molar-refractivity contribution in [1.29, 1.82) is 0 Å². The molecule has 0 fully saturated rings. The second-order valence-corrected chi connectivity index (χ2v) is 8.14. The molecule has 7 nitrogen and oxygen atoms in total. The van der Waals surface area contributed by atoms with Crippen molar-refractivity contribution >= 4 is 27.4 Å². The molecule has 1 amide bonds. The van der Waals surface area contributed by atoms with E-state index >= 15 is 0 Å². The predicted octanol–water partition coefficient (Wildman–Crippen LogP) is 2.42. The van der Waals surface area contributed by atoms with Gasteiger partial charge in [0.2, 0.25) is 0 Å². The van der Waals surface area contributed by atoms with Crippen LogP contribution in [-0.2, 0) is 25.1 Å². The number of hydrogen-bond donors (Lipinski definition) is 1. The van der Waals surface area contributed by atoms with Gasteiger partial charge in [-0.2, -0.15) is 0 Å². The van der Waals surface area contributed by atoms with Gasteiger partial charge < -0.3 is 14.8 Å². The Morgan fingerprint density at radius 3 is 2.30 bits per heavy atom. The summed E-state index contributed by atoms with van der Waals surface area (Å²) < 4.78 is 32.9. The van der Waals surface area contributed by atoms with E-state index in [1.807, 2.05) is 0 Å². The molecule has 2 aromatic carbocycles. The number of methoxy groups -OCH3 is 1. The van der Waals surface area contributed by atoms with Crippen molar-refractivity contribution in [2.24, 2.45) is 0 Å². The first-order valence-electron chi connectivity index (χ1n) is 8.11. The van der Waals surface area contributed by atoms with Gasteiger partial charge in [-0.25, -0.2) is 13.2 Å². The Balaban J connectivity index is 1.99. The number of anilines is 1. The number of sulfone groups is 1. The van der Waals surface area contributed by atoms with Crippen LogP contribution in [0.25, 0.3) is 0 Å². The summed E-state index contributed by atoms with van der Waals surface area (Å²) in [6.07, 6.45) is 0.107. The van der Waals surface area contributed by atoms with Gasteiger partial charge in [0.25, 0.3) is 5.91 Å². The average Bonchev–Trinajstić information content (AvgIpc) is 2.61. The Kier molecular flexibility index (Phi) is 6.57. The molecule has 27 heavy (non-hydrogen) atoms. The molecule has 0 aliphatic rings. The number of rotatable bonds is 7. The SMILES string of the molecule is COc1ccccc1NC(=O)[C@H](C)OC(=O)c1ccc(CS(C)(=O)=O)cc1. The van der Waals surface area contributed by atoms with Crippen LogP contribution in [0.3, 0.4) is 0 Å². The minimum atomic E-state index is -3.16.